The molecular formula is C11H18N2O3S. The number of hydrogen-bond donors (Lipinski definition) is 1. The van der Waals surface area contributed by atoms with Gasteiger partial charge in [0.15, 0.2) is 0 Å². The van der Waals surface area contributed by atoms with Crippen molar-refractivity contribution < 1.29 is 8.42 Å². The molecule has 1 rings (SSSR count). The molecule has 0 aromatic carbocycles. The van der Waals surface area contributed by atoms with Crippen molar-refractivity contribution in [3.63, 3.8) is 0 Å². The van der Waals surface area contributed by atoms with E-state index in [-0.39, 0.29) is 11.3 Å². The van der Waals surface area contributed by atoms with Gasteiger partial charge in [-0.3, -0.25) is 4.79 Å². The summed E-state index contributed by atoms with van der Waals surface area (Å²) in [5.74, 6) is 0.200. The first-order valence-corrected chi connectivity index (χ1v) is 7.59. The number of aromatic nitrogens is 1. The SMILES string of the molecule is CS(=O)(=O)CCCNCCn1ccccc1=O. The van der Waals surface area contributed by atoms with Gasteiger partial charge in [-0.05, 0) is 19.0 Å². The minimum atomic E-state index is -2.87. The van der Waals surface area contributed by atoms with Gasteiger partial charge in [0.1, 0.15) is 9.84 Å². The van der Waals surface area contributed by atoms with Gasteiger partial charge in [-0.25, -0.2) is 8.42 Å². The summed E-state index contributed by atoms with van der Waals surface area (Å²) in [6.07, 6.45) is 3.57. The molecule has 0 bridgehead atoms. The molecule has 0 aliphatic carbocycles. The summed E-state index contributed by atoms with van der Waals surface area (Å²) >= 11 is 0. The number of nitrogens with one attached hydrogen (secondary N) is 1. The third kappa shape index (κ3) is 6.23. The molecular weight excluding hydrogens is 240 g/mol. The predicted molar refractivity (Wildman–Crippen MR) is 67.9 cm³/mol. The van der Waals surface area contributed by atoms with E-state index in [1.165, 1.54) is 12.3 Å². The van der Waals surface area contributed by atoms with Crippen LogP contribution in [0.4, 0.5) is 0 Å². The molecule has 1 aromatic rings. The van der Waals surface area contributed by atoms with E-state index < -0.39 is 9.84 Å². The van der Waals surface area contributed by atoms with Crippen molar-refractivity contribution in [1.82, 2.24) is 9.88 Å². The first-order chi connectivity index (χ1) is 7.99. The topological polar surface area (TPSA) is 68.2 Å². The molecule has 6 heteroatoms. The van der Waals surface area contributed by atoms with Crippen molar-refractivity contribution in [2.75, 3.05) is 25.1 Å². The number of hydrogen-bond acceptors (Lipinski definition) is 4. The molecule has 0 spiro atoms. The van der Waals surface area contributed by atoms with Gasteiger partial charge in [0.25, 0.3) is 5.56 Å². The van der Waals surface area contributed by atoms with Crippen LogP contribution in [-0.4, -0.2) is 38.1 Å². The minimum Gasteiger partial charge on any atom is -0.315 e. The standard InChI is InChI=1S/C11H18N2O3S/c1-17(15,16)10-4-6-12-7-9-13-8-3-2-5-11(13)14/h2-3,5,8,12H,4,6-7,9-10H2,1H3. The second kappa shape index (κ2) is 6.56. The Bertz CT molecular complexity index is 493. The van der Waals surface area contributed by atoms with Gasteiger partial charge in [-0.1, -0.05) is 6.07 Å². The molecule has 0 amide bonds. The summed E-state index contributed by atoms with van der Waals surface area (Å²) in [7, 11) is -2.87. The summed E-state index contributed by atoms with van der Waals surface area (Å²) in [6, 6.07) is 5.03. The molecule has 0 aliphatic heterocycles. The third-order valence-corrected chi connectivity index (χ3v) is 3.33. The maximum Gasteiger partial charge on any atom is 0.250 e. The van der Waals surface area contributed by atoms with Crippen LogP contribution in [0.2, 0.25) is 0 Å². The van der Waals surface area contributed by atoms with Crippen LogP contribution in [0.1, 0.15) is 6.42 Å². The smallest absolute Gasteiger partial charge is 0.250 e. The van der Waals surface area contributed by atoms with Crippen molar-refractivity contribution >= 4 is 9.84 Å². The zero-order chi connectivity index (χ0) is 12.7. The van der Waals surface area contributed by atoms with Crippen LogP contribution in [0.25, 0.3) is 0 Å². The van der Waals surface area contributed by atoms with Gasteiger partial charge in [-0.2, -0.15) is 0 Å². The van der Waals surface area contributed by atoms with Gasteiger partial charge >= 0.3 is 0 Å². The van der Waals surface area contributed by atoms with Crippen LogP contribution < -0.4 is 10.9 Å². The lowest BCUT2D eigenvalue weighted by Gasteiger charge is -2.06. The van der Waals surface area contributed by atoms with E-state index in [9.17, 15) is 13.2 Å². The lowest BCUT2D eigenvalue weighted by Crippen LogP contribution is -2.27. The van der Waals surface area contributed by atoms with Gasteiger partial charge in [0.2, 0.25) is 0 Å². The zero-order valence-electron chi connectivity index (χ0n) is 9.93. The highest BCUT2D eigenvalue weighted by molar-refractivity contribution is 7.90. The van der Waals surface area contributed by atoms with Crippen LogP contribution in [-0.2, 0) is 16.4 Å². The average molecular weight is 258 g/mol. The Balaban J connectivity index is 2.17. The molecule has 0 saturated carbocycles. The van der Waals surface area contributed by atoms with Crippen molar-refractivity contribution in [3.8, 4) is 0 Å². The van der Waals surface area contributed by atoms with Crippen molar-refractivity contribution in [2.24, 2.45) is 0 Å². The molecule has 1 aromatic heterocycles. The molecule has 1 heterocycles. The number of pyridine rings is 1. The fourth-order valence-corrected chi connectivity index (χ4v) is 2.10. The molecule has 0 fully saturated rings. The van der Waals surface area contributed by atoms with Gasteiger partial charge in [-0.15, -0.1) is 0 Å². The Morgan fingerprint density at radius 1 is 1.29 bits per heavy atom. The predicted octanol–water partition coefficient (Wildman–Crippen LogP) is -0.127. The first kappa shape index (κ1) is 13.9. The normalized spacial score (nSPS) is 11.6. The summed E-state index contributed by atoms with van der Waals surface area (Å²) < 4.78 is 23.3. The van der Waals surface area contributed by atoms with Crippen LogP contribution in [0.15, 0.2) is 29.2 Å². The zero-order valence-corrected chi connectivity index (χ0v) is 10.7. The summed E-state index contributed by atoms with van der Waals surface area (Å²) in [5, 5.41) is 3.11. The second-order valence-corrected chi connectivity index (χ2v) is 6.23. The lowest BCUT2D eigenvalue weighted by atomic mass is 10.4. The first-order valence-electron chi connectivity index (χ1n) is 5.53. The molecule has 0 radical (unpaired) electrons. The number of sulfone groups is 1. The van der Waals surface area contributed by atoms with E-state index in [0.29, 0.717) is 26.1 Å². The molecule has 0 saturated heterocycles. The quantitative estimate of drug-likeness (QED) is 0.692. The van der Waals surface area contributed by atoms with E-state index in [2.05, 4.69) is 5.32 Å². The fraction of sp³-hybridized carbons (Fsp3) is 0.545. The Kier molecular flexibility index (Phi) is 5.37. The summed E-state index contributed by atoms with van der Waals surface area (Å²) in [6.45, 7) is 1.90. The van der Waals surface area contributed by atoms with Gasteiger partial charge in [0.05, 0.1) is 5.75 Å². The molecule has 17 heavy (non-hydrogen) atoms. The fourth-order valence-electron chi connectivity index (χ4n) is 1.43. The van der Waals surface area contributed by atoms with Crippen LogP contribution >= 0.6 is 0 Å². The van der Waals surface area contributed by atoms with E-state index in [0.717, 1.165) is 0 Å². The molecule has 96 valence electrons. The van der Waals surface area contributed by atoms with E-state index in [1.807, 2.05) is 6.07 Å². The van der Waals surface area contributed by atoms with Crippen molar-refractivity contribution in [2.45, 2.75) is 13.0 Å². The summed E-state index contributed by atoms with van der Waals surface area (Å²) in [5.41, 5.74) is -0.0227. The highest BCUT2D eigenvalue weighted by Gasteiger charge is 2.00. The molecule has 0 atom stereocenters. The van der Waals surface area contributed by atoms with Gasteiger partial charge < -0.3 is 9.88 Å². The number of nitrogens with zero attached hydrogens (tertiary/aromatic N) is 1. The Hall–Kier alpha value is -1.14. The second-order valence-electron chi connectivity index (χ2n) is 3.97. The van der Waals surface area contributed by atoms with E-state index in [4.69, 9.17) is 0 Å². The lowest BCUT2D eigenvalue weighted by molar-refractivity contribution is 0.573. The molecule has 0 unspecified atom stereocenters. The van der Waals surface area contributed by atoms with Crippen molar-refractivity contribution in [3.05, 3.63) is 34.7 Å². The Labute approximate surface area is 101 Å². The monoisotopic (exact) mass is 258 g/mol. The molecule has 5 nitrogen and oxygen atoms in total. The Morgan fingerprint density at radius 2 is 2.06 bits per heavy atom. The van der Waals surface area contributed by atoms with Crippen LogP contribution in [0, 0.1) is 0 Å². The maximum atomic E-state index is 11.3. The van der Waals surface area contributed by atoms with E-state index >= 15 is 0 Å². The minimum absolute atomic E-state index is 0.0227. The summed E-state index contributed by atoms with van der Waals surface area (Å²) in [4.78, 5) is 11.3. The largest absolute Gasteiger partial charge is 0.315 e. The third-order valence-electron chi connectivity index (χ3n) is 2.30. The average Bonchev–Trinajstić information content (AvgIpc) is 2.24. The van der Waals surface area contributed by atoms with Crippen molar-refractivity contribution in [1.29, 1.82) is 0 Å². The van der Waals surface area contributed by atoms with Gasteiger partial charge in [0, 0.05) is 31.6 Å². The van der Waals surface area contributed by atoms with Crippen LogP contribution in [0.5, 0.6) is 0 Å². The highest BCUT2D eigenvalue weighted by atomic mass is 32.2. The molecule has 1 N–H and O–H groups in total. The maximum absolute atomic E-state index is 11.3. The number of rotatable bonds is 7. The van der Waals surface area contributed by atoms with Crippen LogP contribution in [0.3, 0.4) is 0 Å². The molecule has 0 aliphatic rings. The Morgan fingerprint density at radius 3 is 2.71 bits per heavy atom. The highest BCUT2D eigenvalue weighted by Crippen LogP contribution is 1.87. The van der Waals surface area contributed by atoms with E-state index in [1.54, 1.807) is 16.8 Å².